The highest BCUT2D eigenvalue weighted by Gasteiger charge is 2.20. The molecule has 0 radical (unpaired) electrons. The summed E-state index contributed by atoms with van der Waals surface area (Å²) < 4.78 is 5.52. The first-order valence-corrected chi connectivity index (χ1v) is 17.1. The Bertz CT molecular complexity index is 1330. The molecule has 1 aliphatic heterocycles. The van der Waals surface area contributed by atoms with E-state index in [9.17, 15) is 4.79 Å². The number of rotatable bonds is 9. The van der Waals surface area contributed by atoms with Crippen LogP contribution in [0.3, 0.4) is 0 Å². The van der Waals surface area contributed by atoms with Crippen molar-refractivity contribution in [3.8, 4) is 17.2 Å². The molecule has 248 valence electrons. The van der Waals surface area contributed by atoms with Crippen LogP contribution < -0.4 is 10.1 Å². The van der Waals surface area contributed by atoms with E-state index in [1.165, 1.54) is 62.9 Å². The number of piperidine rings is 1. The van der Waals surface area contributed by atoms with Crippen LogP contribution >= 0.6 is 0 Å². The number of aryl methyl sites for hydroxylation is 1. The van der Waals surface area contributed by atoms with Crippen molar-refractivity contribution in [2.45, 2.75) is 79.6 Å². The average molecular weight is 625 g/mol. The topological polar surface area (TPSA) is 61.8 Å². The zero-order valence-corrected chi connectivity index (χ0v) is 28.9. The van der Waals surface area contributed by atoms with Crippen LogP contribution in [0.5, 0.6) is 17.2 Å². The van der Waals surface area contributed by atoms with Crippen LogP contribution in [0.25, 0.3) is 0 Å². The molecule has 0 aromatic heterocycles. The number of phenolic OH excluding ortho intramolecular Hbond substituents is 1. The molecule has 4 aromatic carbocycles. The summed E-state index contributed by atoms with van der Waals surface area (Å²) in [5.74, 6) is 2.44. The molecule has 0 spiro atoms. The Morgan fingerprint density at radius 3 is 1.98 bits per heavy atom. The van der Waals surface area contributed by atoms with E-state index < -0.39 is 0 Å². The monoisotopic (exact) mass is 624 g/mol. The smallest absolute Gasteiger partial charge is 0.226 e. The van der Waals surface area contributed by atoms with E-state index in [0.717, 1.165) is 11.4 Å². The van der Waals surface area contributed by atoms with Gasteiger partial charge in [0.2, 0.25) is 5.91 Å². The quantitative estimate of drug-likeness (QED) is 0.194. The number of nitrogens with one attached hydrogen (secondary N) is 1. The first-order valence-electron chi connectivity index (χ1n) is 17.1. The second-order valence-corrected chi connectivity index (χ2v) is 11.6. The van der Waals surface area contributed by atoms with Crippen LogP contribution in [0.4, 0.5) is 5.69 Å². The first-order chi connectivity index (χ1) is 22.4. The number of benzene rings is 4. The van der Waals surface area contributed by atoms with Gasteiger partial charge >= 0.3 is 0 Å². The van der Waals surface area contributed by atoms with Crippen LogP contribution in [0, 0.1) is 5.92 Å². The van der Waals surface area contributed by atoms with Crippen LogP contribution in [-0.2, 0) is 11.2 Å². The lowest BCUT2D eigenvalue weighted by Gasteiger charge is -2.32. The van der Waals surface area contributed by atoms with E-state index in [4.69, 9.17) is 9.84 Å². The Kier molecular flexibility index (Phi) is 18.6. The molecular formula is C41H56N2O3. The van der Waals surface area contributed by atoms with Gasteiger partial charge in [-0.2, -0.15) is 0 Å². The molecule has 46 heavy (non-hydrogen) atoms. The number of carbonyl (C=O) groups excluding carboxylic acids is 1. The number of amides is 1. The molecule has 0 saturated carbocycles. The fourth-order valence-electron chi connectivity index (χ4n) is 4.94. The molecule has 1 aliphatic rings. The summed E-state index contributed by atoms with van der Waals surface area (Å²) in [6, 6.07) is 35.4. The highest BCUT2D eigenvalue weighted by molar-refractivity contribution is 5.92. The minimum absolute atomic E-state index is 0.00720. The van der Waals surface area contributed by atoms with Gasteiger partial charge in [0.15, 0.2) is 0 Å². The summed E-state index contributed by atoms with van der Waals surface area (Å²) in [7, 11) is 0. The fourth-order valence-corrected chi connectivity index (χ4v) is 4.94. The van der Waals surface area contributed by atoms with Gasteiger partial charge in [0.25, 0.3) is 0 Å². The Morgan fingerprint density at radius 1 is 0.826 bits per heavy atom. The molecule has 1 fully saturated rings. The maximum atomic E-state index is 11.9. The Morgan fingerprint density at radius 2 is 1.39 bits per heavy atom. The molecular weight excluding hydrogens is 568 g/mol. The molecule has 2 N–H and O–H groups in total. The number of aromatic hydroxyl groups is 1. The minimum atomic E-state index is 0.00720. The summed E-state index contributed by atoms with van der Waals surface area (Å²) in [6.07, 6.45) is 6.05. The maximum Gasteiger partial charge on any atom is 0.226 e. The predicted octanol–water partition coefficient (Wildman–Crippen LogP) is 10.7. The lowest BCUT2D eigenvalue weighted by atomic mass is 9.89. The number of hydrogen-bond donors (Lipinski definition) is 2. The molecule has 0 atom stereocenters. The Labute approximate surface area is 278 Å². The lowest BCUT2D eigenvalue weighted by molar-refractivity contribution is -0.118. The Hall–Kier alpha value is -4.09. The SMILES string of the molecule is CC.CC(C)C(=O)Nc1cccc(C2CCN(CCCc3ccccc3)CC2)c1.CCC.Oc1ccc(Oc2ccccc2)cc1. The number of phenols is 1. The standard InChI is InChI=1S/C24H32N2O.C12H10O2.C3H8.C2H6/c1-19(2)24(27)25-23-12-6-11-22(18-23)21-13-16-26(17-14-21)15-7-10-20-8-4-3-5-9-20;13-10-6-8-12(9-7-10)14-11-4-2-1-3-5-11;1-3-2;1-2/h3-6,8-9,11-12,18-19,21H,7,10,13-17H2,1-2H3,(H,25,27);1-9,13H;3H2,1-2H3;1-2H3. The molecule has 4 aromatic rings. The van der Waals surface area contributed by atoms with E-state index in [2.05, 4.69) is 72.6 Å². The maximum absolute atomic E-state index is 11.9. The number of nitrogens with zero attached hydrogens (tertiary/aromatic N) is 1. The normalized spacial score (nSPS) is 12.8. The van der Waals surface area contributed by atoms with Crippen molar-refractivity contribution >= 4 is 11.6 Å². The third-order valence-electron chi connectivity index (χ3n) is 7.34. The molecule has 5 rings (SSSR count). The molecule has 0 unspecified atom stereocenters. The van der Waals surface area contributed by atoms with Gasteiger partial charge in [0.1, 0.15) is 17.2 Å². The number of para-hydroxylation sites is 1. The van der Waals surface area contributed by atoms with Gasteiger partial charge < -0.3 is 20.1 Å². The molecule has 1 saturated heterocycles. The molecule has 1 heterocycles. The second-order valence-electron chi connectivity index (χ2n) is 11.6. The number of hydrogen-bond acceptors (Lipinski definition) is 4. The zero-order chi connectivity index (χ0) is 33.6. The number of ether oxygens (including phenoxy) is 1. The van der Waals surface area contributed by atoms with Crippen molar-refractivity contribution in [1.29, 1.82) is 0 Å². The molecule has 1 amide bonds. The van der Waals surface area contributed by atoms with E-state index in [-0.39, 0.29) is 17.6 Å². The highest BCUT2D eigenvalue weighted by Crippen LogP contribution is 2.30. The number of carbonyl (C=O) groups is 1. The van der Waals surface area contributed by atoms with Crippen LogP contribution in [0.1, 0.15) is 84.3 Å². The summed E-state index contributed by atoms with van der Waals surface area (Å²) in [5.41, 5.74) is 3.73. The Balaban J connectivity index is 0.000000323. The largest absolute Gasteiger partial charge is 0.508 e. The van der Waals surface area contributed by atoms with Crippen LogP contribution in [-0.4, -0.2) is 35.5 Å². The van der Waals surface area contributed by atoms with Crippen molar-refractivity contribution in [3.63, 3.8) is 0 Å². The molecule has 0 bridgehead atoms. The van der Waals surface area contributed by atoms with Crippen molar-refractivity contribution < 1.29 is 14.6 Å². The summed E-state index contributed by atoms with van der Waals surface area (Å²) >= 11 is 0. The van der Waals surface area contributed by atoms with Gasteiger partial charge in [-0.25, -0.2) is 0 Å². The van der Waals surface area contributed by atoms with Gasteiger partial charge in [-0.1, -0.05) is 109 Å². The lowest BCUT2D eigenvalue weighted by Crippen LogP contribution is -2.33. The van der Waals surface area contributed by atoms with Gasteiger partial charge in [0, 0.05) is 11.6 Å². The summed E-state index contributed by atoms with van der Waals surface area (Å²) in [4.78, 5) is 14.5. The third-order valence-corrected chi connectivity index (χ3v) is 7.34. The first kappa shape index (κ1) is 38.1. The van der Waals surface area contributed by atoms with E-state index in [1.54, 1.807) is 24.3 Å². The molecule has 5 nitrogen and oxygen atoms in total. The van der Waals surface area contributed by atoms with E-state index in [1.807, 2.05) is 64.1 Å². The van der Waals surface area contributed by atoms with E-state index in [0.29, 0.717) is 11.7 Å². The van der Waals surface area contributed by atoms with Crippen LogP contribution in [0.2, 0.25) is 0 Å². The highest BCUT2D eigenvalue weighted by atomic mass is 16.5. The molecule has 0 aliphatic carbocycles. The minimum Gasteiger partial charge on any atom is -0.508 e. The van der Waals surface area contributed by atoms with Crippen LogP contribution in [0.15, 0.2) is 109 Å². The molecule has 5 heteroatoms. The number of likely N-dealkylation sites (tertiary alicyclic amines) is 1. The predicted molar refractivity (Wildman–Crippen MR) is 195 cm³/mol. The van der Waals surface area contributed by atoms with Gasteiger partial charge in [-0.3, -0.25) is 4.79 Å². The summed E-state index contributed by atoms with van der Waals surface area (Å²) in [6.45, 7) is 15.6. The second kappa shape index (κ2) is 22.4. The van der Waals surface area contributed by atoms with Crippen molar-refractivity contribution in [2.24, 2.45) is 5.92 Å². The van der Waals surface area contributed by atoms with Crippen molar-refractivity contribution in [3.05, 3.63) is 120 Å². The van der Waals surface area contributed by atoms with Gasteiger partial charge in [-0.05, 0) is 111 Å². The third kappa shape index (κ3) is 14.8. The van der Waals surface area contributed by atoms with Gasteiger partial charge in [0.05, 0.1) is 0 Å². The fraction of sp³-hybridized carbons (Fsp3) is 0.390. The van der Waals surface area contributed by atoms with Gasteiger partial charge in [-0.15, -0.1) is 0 Å². The van der Waals surface area contributed by atoms with Crippen molar-refractivity contribution in [1.82, 2.24) is 4.90 Å². The van der Waals surface area contributed by atoms with E-state index >= 15 is 0 Å². The average Bonchev–Trinajstić information content (AvgIpc) is 3.09. The summed E-state index contributed by atoms with van der Waals surface area (Å²) in [5, 5.41) is 12.1. The van der Waals surface area contributed by atoms with Crippen molar-refractivity contribution in [2.75, 3.05) is 25.0 Å². The zero-order valence-electron chi connectivity index (χ0n) is 28.9. The number of anilines is 1.